The fourth-order valence-corrected chi connectivity index (χ4v) is 3.94. The number of piperazine rings is 1. The van der Waals surface area contributed by atoms with E-state index in [4.69, 9.17) is 10.5 Å². The first kappa shape index (κ1) is 18.1. The van der Waals surface area contributed by atoms with E-state index < -0.39 is 0 Å². The number of thiophene rings is 1. The summed E-state index contributed by atoms with van der Waals surface area (Å²) in [6.45, 7) is 7.14. The molecule has 1 saturated heterocycles. The Labute approximate surface area is 153 Å². The van der Waals surface area contributed by atoms with Gasteiger partial charge in [0, 0.05) is 51.9 Å². The molecule has 1 aliphatic rings. The van der Waals surface area contributed by atoms with Gasteiger partial charge in [0.1, 0.15) is 0 Å². The molecule has 0 unspecified atom stereocenters. The first-order valence-corrected chi connectivity index (χ1v) is 9.45. The number of hydrogen-bond acceptors (Lipinski definition) is 5. The molecule has 1 amide bonds. The van der Waals surface area contributed by atoms with Crippen LogP contribution in [0.4, 0.5) is 0 Å². The van der Waals surface area contributed by atoms with E-state index in [1.54, 1.807) is 7.11 Å². The first-order chi connectivity index (χ1) is 12.2. The summed E-state index contributed by atoms with van der Waals surface area (Å²) in [7, 11) is 1.75. The Kier molecular flexibility index (Phi) is 6.20. The number of methoxy groups -OCH3 is 1. The van der Waals surface area contributed by atoms with Crippen LogP contribution in [0.2, 0.25) is 0 Å². The number of hydrogen-bond donors (Lipinski definition) is 1. The number of nitrogens with two attached hydrogens (primary N) is 1. The molecule has 2 aromatic rings. The topological polar surface area (TPSA) is 58.8 Å². The minimum Gasteiger partial charge on any atom is -0.383 e. The van der Waals surface area contributed by atoms with Crippen LogP contribution in [0.5, 0.6) is 0 Å². The number of amides is 1. The van der Waals surface area contributed by atoms with Gasteiger partial charge in [0.25, 0.3) is 5.91 Å². The van der Waals surface area contributed by atoms with Gasteiger partial charge in [0.2, 0.25) is 0 Å². The van der Waals surface area contributed by atoms with Crippen molar-refractivity contribution in [3.63, 3.8) is 0 Å². The normalized spacial score (nSPS) is 16.2. The molecule has 1 fully saturated rings. The molecule has 0 bridgehead atoms. The van der Waals surface area contributed by atoms with Crippen LogP contribution in [0, 0.1) is 0 Å². The molecule has 2 heterocycles. The van der Waals surface area contributed by atoms with Gasteiger partial charge in [-0.3, -0.25) is 14.6 Å². The number of nitrogens with zero attached hydrogens (tertiary/aromatic N) is 2. The Bertz CT molecular complexity index is 691. The summed E-state index contributed by atoms with van der Waals surface area (Å²) in [6.07, 6.45) is 0. The number of carbonyl (C=O) groups excluding carboxylic acids is 1. The average Bonchev–Trinajstić information content (AvgIpc) is 3.12. The highest BCUT2D eigenvalue weighted by atomic mass is 32.1. The van der Waals surface area contributed by atoms with E-state index in [1.807, 2.05) is 11.4 Å². The van der Waals surface area contributed by atoms with Crippen LogP contribution < -0.4 is 5.73 Å². The summed E-state index contributed by atoms with van der Waals surface area (Å²) < 4.78 is 5.15. The Morgan fingerprint density at radius 2 is 1.80 bits per heavy atom. The molecule has 1 aromatic carbocycles. The summed E-state index contributed by atoms with van der Waals surface area (Å²) in [5.41, 5.74) is 8.71. The predicted molar refractivity (Wildman–Crippen MR) is 102 cm³/mol. The van der Waals surface area contributed by atoms with E-state index in [-0.39, 0.29) is 5.91 Å². The molecule has 3 rings (SSSR count). The summed E-state index contributed by atoms with van der Waals surface area (Å²) in [6, 6.07) is 10.4. The average molecular weight is 359 g/mol. The highest BCUT2D eigenvalue weighted by molar-refractivity contribution is 7.12. The van der Waals surface area contributed by atoms with Crippen molar-refractivity contribution in [3.8, 4) is 11.1 Å². The fraction of sp³-hybridized carbons (Fsp3) is 0.421. The minimum absolute atomic E-state index is 0.361. The highest BCUT2D eigenvalue weighted by Crippen LogP contribution is 2.28. The lowest BCUT2D eigenvalue weighted by Crippen LogP contribution is -2.46. The number of primary amides is 1. The molecule has 1 aromatic heterocycles. The van der Waals surface area contributed by atoms with Crippen molar-refractivity contribution >= 4 is 17.2 Å². The standard InChI is InChI=1S/C19H25N3O2S/c1-24-12-11-21-7-9-22(10-8-21)14-15-2-4-16(5-3-15)17-6-13-25-18(17)19(20)23/h2-6,13H,7-12,14H2,1H3,(H2,20,23). The van der Waals surface area contributed by atoms with Gasteiger partial charge in [0.15, 0.2) is 0 Å². The summed E-state index contributed by atoms with van der Waals surface area (Å²) in [5, 5.41) is 1.91. The number of rotatable bonds is 7. The SMILES string of the molecule is COCCN1CCN(Cc2ccc(-c3ccsc3C(N)=O)cc2)CC1. The minimum atomic E-state index is -0.361. The van der Waals surface area contributed by atoms with Crippen molar-refractivity contribution in [2.75, 3.05) is 46.4 Å². The molecule has 0 aliphatic carbocycles. The van der Waals surface area contributed by atoms with Crippen molar-refractivity contribution in [1.82, 2.24) is 9.80 Å². The molecular formula is C19H25N3O2S. The zero-order valence-corrected chi connectivity index (χ0v) is 15.4. The van der Waals surface area contributed by atoms with Gasteiger partial charge >= 0.3 is 0 Å². The number of benzene rings is 1. The molecule has 134 valence electrons. The third kappa shape index (κ3) is 4.67. The molecule has 25 heavy (non-hydrogen) atoms. The first-order valence-electron chi connectivity index (χ1n) is 8.57. The molecule has 0 radical (unpaired) electrons. The highest BCUT2D eigenvalue weighted by Gasteiger charge is 2.17. The van der Waals surface area contributed by atoms with Gasteiger partial charge in [-0.05, 0) is 22.6 Å². The Hall–Kier alpha value is -1.73. The maximum absolute atomic E-state index is 11.5. The number of carbonyl (C=O) groups is 1. The maximum atomic E-state index is 11.5. The van der Waals surface area contributed by atoms with Crippen molar-refractivity contribution < 1.29 is 9.53 Å². The molecule has 5 nitrogen and oxygen atoms in total. The predicted octanol–water partition coefficient (Wildman–Crippen LogP) is 2.28. The van der Waals surface area contributed by atoms with Crippen molar-refractivity contribution in [3.05, 3.63) is 46.2 Å². The third-order valence-corrected chi connectivity index (χ3v) is 5.57. The largest absolute Gasteiger partial charge is 0.383 e. The second-order valence-corrected chi connectivity index (χ2v) is 7.25. The quantitative estimate of drug-likeness (QED) is 0.824. The number of ether oxygens (including phenoxy) is 1. The summed E-state index contributed by atoms with van der Waals surface area (Å²) in [4.78, 5) is 17.1. The Morgan fingerprint density at radius 3 is 2.44 bits per heavy atom. The van der Waals surface area contributed by atoms with Crippen LogP contribution in [-0.2, 0) is 11.3 Å². The van der Waals surface area contributed by atoms with E-state index in [1.165, 1.54) is 16.9 Å². The summed E-state index contributed by atoms with van der Waals surface area (Å²) >= 11 is 1.39. The van der Waals surface area contributed by atoms with Crippen molar-refractivity contribution in [2.24, 2.45) is 5.73 Å². The zero-order chi connectivity index (χ0) is 17.6. The van der Waals surface area contributed by atoms with E-state index >= 15 is 0 Å². The molecule has 1 aliphatic heterocycles. The lowest BCUT2D eigenvalue weighted by atomic mass is 10.0. The van der Waals surface area contributed by atoms with Crippen LogP contribution in [-0.4, -0.2) is 62.1 Å². The van der Waals surface area contributed by atoms with Gasteiger partial charge in [0.05, 0.1) is 11.5 Å². The Balaban J connectivity index is 1.57. The van der Waals surface area contributed by atoms with Gasteiger partial charge in [-0.15, -0.1) is 11.3 Å². The van der Waals surface area contributed by atoms with Crippen LogP contribution in [0.15, 0.2) is 35.7 Å². The maximum Gasteiger partial charge on any atom is 0.259 e. The van der Waals surface area contributed by atoms with Gasteiger partial charge in [-0.25, -0.2) is 0 Å². The fourth-order valence-electron chi connectivity index (χ4n) is 3.17. The van der Waals surface area contributed by atoms with Crippen molar-refractivity contribution in [1.29, 1.82) is 0 Å². The van der Waals surface area contributed by atoms with Crippen molar-refractivity contribution in [2.45, 2.75) is 6.54 Å². The zero-order valence-electron chi connectivity index (χ0n) is 14.6. The van der Waals surface area contributed by atoms with Gasteiger partial charge in [-0.2, -0.15) is 0 Å². The van der Waals surface area contributed by atoms with Gasteiger partial charge in [-0.1, -0.05) is 24.3 Å². The lowest BCUT2D eigenvalue weighted by molar-refractivity contribution is 0.0938. The molecule has 0 spiro atoms. The molecular weight excluding hydrogens is 334 g/mol. The van der Waals surface area contributed by atoms with E-state index in [0.29, 0.717) is 4.88 Å². The summed E-state index contributed by atoms with van der Waals surface area (Å²) in [5.74, 6) is -0.361. The molecule has 2 N–H and O–H groups in total. The van der Waals surface area contributed by atoms with Crippen LogP contribution in [0.25, 0.3) is 11.1 Å². The van der Waals surface area contributed by atoms with Crippen LogP contribution >= 0.6 is 11.3 Å². The molecule has 0 atom stereocenters. The van der Waals surface area contributed by atoms with Gasteiger partial charge < -0.3 is 10.5 Å². The third-order valence-electron chi connectivity index (χ3n) is 4.64. The monoisotopic (exact) mass is 359 g/mol. The van der Waals surface area contributed by atoms with E-state index in [0.717, 1.165) is 57.0 Å². The molecule has 6 heteroatoms. The Morgan fingerprint density at radius 1 is 1.12 bits per heavy atom. The second kappa shape index (κ2) is 8.58. The smallest absolute Gasteiger partial charge is 0.259 e. The van der Waals surface area contributed by atoms with E-state index in [2.05, 4.69) is 34.1 Å². The van der Waals surface area contributed by atoms with Crippen LogP contribution in [0.3, 0.4) is 0 Å². The molecule has 0 saturated carbocycles. The van der Waals surface area contributed by atoms with Crippen LogP contribution in [0.1, 0.15) is 15.2 Å². The lowest BCUT2D eigenvalue weighted by Gasteiger charge is -2.34. The van der Waals surface area contributed by atoms with E-state index in [9.17, 15) is 4.79 Å². The second-order valence-electron chi connectivity index (χ2n) is 6.34.